The molecule has 5 nitrogen and oxygen atoms in total. The topological polar surface area (TPSA) is 66.6 Å². The van der Waals surface area contributed by atoms with E-state index in [1.807, 2.05) is 11.0 Å². The molecule has 2 aliphatic heterocycles. The van der Waals surface area contributed by atoms with Crippen LogP contribution in [0.3, 0.4) is 0 Å². The van der Waals surface area contributed by atoms with Crippen LogP contribution in [-0.2, 0) is 22.6 Å². The highest BCUT2D eigenvalue weighted by Gasteiger charge is 2.31. The number of carbonyl (C=O) groups is 2. The third-order valence-corrected chi connectivity index (χ3v) is 5.24. The Kier molecular flexibility index (Phi) is 5.19. The molecule has 2 amide bonds. The Morgan fingerprint density at radius 1 is 1.08 bits per heavy atom. The van der Waals surface area contributed by atoms with Crippen LogP contribution < -0.4 is 5.73 Å². The van der Waals surface area contributed by atoms with Gasteiger partial charge < -0.3 is 15.5 Å². The van der Waals surface area contributed by atoms with Gasteiger partial charge in [0.1, 0.15) is 0 Å². The normalized spacial score (nSPS) is 24.8. The number of hydrogen-bond donors (Lipinski definition) is 1. The van der Waals surface area contributed by atoms with Gasteiger partial charge in [0.2, 0.25) is 11.8 Å². The molecule has 0 radical (unpaired) electrons. The summed E-state index contributed by atoms with van der Waals surface area (Å²) in [5.74, 6) is 0.0473. The summed E-state index contributed by atoms with van der Waals surface area (Å²) in [6, 6.07) is 8.34. The summed E-state index contributed by atoms with van der Waals surface area (Å²) >= 11 is 0. The molecule has 1 fully saturated rings. The fourth-order valence-electron chi connectivity index (χ4n) is 3.83. The summed E-state index contributed by atoms with van der Waals surface area (Å²) in [5.41, 5.74) is 8.67. The molecule has 130 valence electrons. The molecular weight excluding hydrogens is 302 g/mol. The van der Waals surface area contributed by atoms with Gasteiger partial charge in [-0.1, -0.05) is 24.3 Å². The van der Waals surface area contributed by atoms with Crippen molar-refractivity contribution in [2.24, 2.45) is 11.7 Å². The van der Waals surface area contributed by atoms with E-state index < -0.39 is 0 Å². The van der Waals surface area contributed by atoms with Crippen molar-refractivity contribution in [3.8, 4) is 0 Å². The van der Waals surface area contributed by atoms with Crippen molar-refractivity contribution in [2.45, 2.75) is 45.2 Å². The largest absolute Gasteiger partial charge is 0.341 e. The zero-order valence-electron chi connectivity index (χ0n) is 14.4. The van der Waals surface area contributed by atoms with Gasteiger partial charge in [-0.3, -0.25) is 9.59 Å². The average molecular weight is 329 g/mol. The summed E-state index contributed by atoms with van der Waals surface area (Å²) in [4.78, 5) is 28.6. The molecule has 5 heteroatoms. The number of fused-ring (bicyclic) bond motifs is 1. The number of nitrogens with zero attached hydrogens (tertiary/aromatic N) is 2. The Morgan fingerprint density at radius 3 is 2.58 bits per heavy atom. The van der Waals surface area contributed by atoms with Gasteiger partial charge in [0.25, 0.3) is 0 Å². The summed E-state index contributed by atoms with van der Waals surface area (Å²) in [7, 11) is 0. The monoisotopic (exact) mass is 329 g/mol. The first kappa shape index (κ1) is 17.0. The van der Waals surface area contributed by atoms with Crippen molar-refractivity contribution in [2.75, 3.05) is 19.6 Å². The van der Waals surface area contributed by atoms with E-state index in [2.05, 4.69) is 18.2 Å². The van der Waals surface area contributed by atoms with E-state index in [0.29, 0.717) is 19.6 Å². The highest BCUT2D eigenvalue weighted by molar-refractivity contribution is 5.80. The lowest BCUT2D eigenvalue weighted by molar-refractivity contribution is -0.138. The molecule has 1 saturated heterocycles. The summed E-state index contributed by atoms with van der Waals surface area (Å²) in [6.45, 7) is 4.08. The average Bonchev–Trinajstić information content (AvgIpc) is 2.90. The molecule has 0 bridgehead atoms. The molecule has 2 N–H and O–H groups in total. The number of aryl methyl sites for hydroxylation is 1. The predicted molar refractivity (Wildman–Crippen MR) is 93.1 cm³/mol. The molecule has 0 aromatic heterocycles. The van der Waals surface area contributed by atoms with Crippen LogP contribution in [0.5, 0.6) is 0 Å². The number of rotatable bonds is 1. The Morgan fingerprint density at radius 2 is 1.83 bits per heavy atom. The van der Waals surface area contributed by atoms with Crippen LogP contribution in [0.4, 0.5) is 0 Å². The number of hydrogen-bond acceptors (Lipinski definition) is 3. The number of amides is 2. The third-order valence-electron chi connectivity index (χ3n) is 5.24. The molecule has 0 spiro atoms. The summed E-state index contributed by atoms with van der Waals surface area (Å²) in [6.07, 6.45) is 3.58. The lowest BCUT2D eigenvalue weighted by atomic mass is 10.00. The number of benzene rings is 1. The Hall–Kier alpha value is -1.88. The standard InChI is InChI=1S/C19H27N3O2/c1-14(23)22-12-17(8-9-18(20)13-22)19(24)21-10-4-7-15-5-2-3-6-16(15)11-21/h2-3,5-6,17-18H,4,7-13,20H2,1H3/t17-,18+/m1/s1. The van der Waals surface area contributed by atoms with Crippen LogP contribution in [0.2, 0.25) is 0 Å². The Labute approximate surface area is 143 Å². The first-order valence-electron chi connectivity index (χ1n) is 8.91. The second kappa shape index (κ2) is 7.34. The zero-order valence-corrected chi connectivity index (χ0v) is 14.4. The molecule has 3 rings (SSSR count). The minimum Gasteiger partial charge on any atom is -0.341 e. The van der Waals surface area contributed by atoms with Crippen LogP contribution >= 0.6 is 0 Å². The van der Waals surface area contributed by atoms with E-state index in [0.717, 1.165) is 32.2 Å². The highest BCUT2D eigenvalue weighted by atomic mass is 16.2. The second-order valence-electron chi connectivity index (χ2n) is 7.09. The quantitative estimate of drug-likeness (QED) is 0.850. The van der Waals surface area contributed by atoms with Gasteiger partial charge in [-0.05, 0) is 36.8 Å². The van der Waals surface area contributed by atoms with Crippen molar-refractivity contribution >= 4 is 11.8 Å². The Bertz CT molecular complexity index is 616. The third kappa shape index (κ3) is 3.78. The lowest BCUT2D eigenvalue weighted by Crippen LogP contribution is -2.43. The molecule has 2 atom stereocenters. The zero-order chi connectivity index (χ0) is 17.1. The van der Waals surface area contributed by atoms with Crippen LogP contribution in [0, 0.1) is 5.92 Å². The van der Waals surface area contributed by atoms with E-state index in [9.17, 15) is 9.59 Å². The molecular formula is C19H27N3O2. The second-order valence-corrected chi connectivity index (χ2v) is 7.09. The van der Waals surface area contributed by atoms with Crippen LogP contribution in [0.15, 0.2) is 24.3 Å². The molecule has 0 unspecified atom stereocenters. The van der Waals surface area contributed by atoms with E-state index in [1.165, 1.54) is 11.1 Å². The van der Waals surface area contributed by atoms with Crippen molar-refractivity contribution in [3.63, 3.8) is 0 Å². The fourth-order valence-corrected chi connectivity index (χ4v) is 3.83. The SMILES string of the molecule is CC(=O)N1C[C@@H](N)CC[C@@H](C(=O)N2CCCc3ccccc3C2)C1. The molecule has 2 heterocycles. The lowest BCUT2D eigenvalue weighted by Gasteiger charge is -2.28. The van der Waals surface area contributed by atoms with E-state index in [1.54, 1.807) is 11.8 Å². The predicted octanol–water partition coefficient (Wildman–Crippen LogP) is 1.55. The molecule has 2 aliphatic rings. The van der Waals surface area contributed by atoms with Gasteiger partial charge >= 0.3 is 0 Å². The molecule has 0 saturated carbocycles. The molecule has 24 heavy (non-hydrogen) atoms. The summed E-state index contributed by atoms with van der Waals surface area (Å²) < 4.78 is 0. The van der Waals surface area contributed by atoms with E-state index in [-0.39, 0.29) is 23.8 Å². The van der Waals surface area contributed by atoms with Gasteiger partial charge in [-0.15, -0.1) is 0 Å². The van der Waals surface area contributed by atoms with Gasteiger partial charge in [-0.25, -0.2) is 0 Å². The molecule has 1 aromatic carbocycles. The maximum absolute atomic E-state index is 13.1. The number of likely N-dealkylation sites (tertiary alicyclic amines) is 1. The highest BCUT2D eigenvalue weighted by Crippen LogP contribution is 2.23. The van der Waals surface area contributed by atoms with Crippen LogP contribution in [0.25, 0.3) is 0 Å². The van der Waals surface area contributed by atoms with Gasteiger partial charge in [0, 0.05) is 39.1 Å². The first-order valence-corrected chi connectivity index (χ1v) is 8.91. The van der Waals surface area contributed by atoms with Gasteiger partial charge in [-0.2, -0.15) is 0 Å². The molecule has 1 aromatic rings. The number of nitrogens with two attached hydrogens (primary N) is 1. The van der Waals surface area contributed by atoms with E-state index in [4.69, 9.17) is 5.73 Å². The van der Waals surface area contributed by atoms with Gasteiger partial charge in [0.05, 0.1) is 5.92 Å². The van der Waals surface area contributed by atoms with Crippen molar-refractivity contribution < 1.29 is 9.59 Å². The molecule has 0 aliphatic carbocycles. The first-order chi connectivity index (χ1) is 11.5. The number of carbonyl (C=O) groups excluding carboxylic acids is 2. The van der Waals surface area contributed by atoms with Gasteiger partial charge in [0.15, 0.2) is 0 Å². The minimum absolute atomic E-state index is 0.00589. The van der Waals surface area contributed by atoms with E-state index >= 15 is 0 Å². The Balaban J connectivity index is 1.74. The smallest absolute Gasteiger partial charge is 0.227 e. The van der Waals surface area contributed by atoms with Crippen molar-refractivity contribution in [1.82, 2.24) is 9.80 Å². The van der Waals surface area contributed by atoms with Crippen molar-refractivity contribution in [3.05, 3.63) is 35.4 Å². The van der Waals surface area contributed by atoms with Crippen LogP contribution in [-0.4, -0.2) is 47.3 Å². The maximum atomic E-state index is 13.1. The minimum atomic E-state index is -0.132. The fraction of sp³-hybridized carbons (Fsp3) is 0.579. The van der Waals surface area contributed by atoms with Crippen LogP contribution in [0.1, 0.15) is 37.3 Å². The van der Waals surface area contributed by atoms with Crippen molar-refractivity contribution in [1.29, 1.82) is 0 Å². The maximum Gasteiger partial charge on any atom is 0.227 e. The summed E-state index contributed by atoms with van der Waals surface area (Å²) in [5, 5.41) is 0.